The zero-order valence-electron chi connectivity index (χ0n) is 20.0. The standard InChI is InChI=1S/C30H31F3O2/c1-3-4-17-34-28-16-13-24(18-27(28)31)35-19-21-7-11-23(12-8-21)26-15-14-25(29(32)30(26)33)22-9-5-20(2)6-10-22/h3,5-6,9-10,13-16,18,21,23H,1,4,7-8,11-12,17,19H2,2H3. The van der Waals surface area contributed by atoms with E-state index < -0.39 is 17.5 Å². The third-order valence-electron chi connectivity index (χ3n) is 6.73. The predicted molar refractivity (Wildman–Crippen MR) is 133 cm³/mol. The molecule has 5 heteroatoms. The maximum Gasteiger partial charge on any atom is 0.168 e. The highest BCUT2D eigenvalue weighted by Gasteiger charge is 2.27. The first kappa shape index (κ1) is 24.9. The molecule has 1 aliphatic carbocycles. The van der Waals surface area contributed by atoms with Crippen molar-refractivity contribution in [3.63, 3.8) is 0 Å². The van der Waals surface area contributed by atoms with Crippen LogP contribution in [0.2, 0.25) is 0 Å². The van der Waals surface area contributed by atoms with Crippen molar-refractivity contribution in [2.24, 2.45) is 5.92 Å². The summed E-state index contributed by atoms with van der Waals surface area (Å²) in [7, 11) is 0. The monoisotopic (exact) mass is 480 g/mol. The molecule has 3 aromatic carbocycles. The molecule has 0 atom stereocenters. The number of aryl methyl sites for hydroxylation is 1. The van der Waals surface area contributed by atoms with Gasteiger partial charge >= 0.3 is 0 Å². The Labute approximate surface area is 205 Å². The van der Waals surface area contributed by atoms with Crippen molar-refractivity contribution in [3.8, 4) is 22.6 Å². The van der Waals surface area contributed by atoms with E-state index in [-0.39, 0.29) is 23.1 Å². The van der Waals surface area contributed by atoms with Crippen LogP contribution >= 0.6 is 0 Å². The van der Waals surface area contributed by atoms with Crippen molar-refractivity contribution in [1.82, 2.24) is 0 Å². The summed E-state index contributed by atoms with van der Waals surface area (Å²) in [6, 6.07) is 15.4. The quantitative estimate of drug-likeness (QED) is 0.226. The van der Waals surface area contributed by atoms with Gasteiger partial charge in [-0.1, -0.05) is 48.0 Å². The summed E-state index contributed by atoms with van der Waals surface area (Å²) >= 11 is 0. The minimum atomic E-state index is -0.782. The number of halogens is 3. The molecular weight excluding hydrogens is 449 g/mol. The maximum absolute atomic E-state index is 15.0. The van der Waals surface area contributed by atoms with E-state index in [4.69, 9.17) is 9.47 Å². The number of ether oxygens (including phenoxy) is 2. The first-order chi connectivity index (χ1) is 17.0. The summed E-state index contributed by atoms with van der Waals surface area (Å²) < 4.78 is 55.3. The van der Waals surface area contributed by atoms with Gasteiger partial charge in [-0.15, -0.1) is 6.58 Å². The van der Waals surface area contributed by atoms with Crippen molar-refractivity contribution in [2.45, 2.75) is 44.9 Å². The Bertz CT molecular complexity index is 1150. The number of benzene rings is 3. The summed E-state index contributed by atoms with van der Waals surface area (Å²) in [5, 5.41) is 0. The molecule has 0 spiro atoms. The zero-order valence-corrected chi connectivity index (χ0v) is 20.0. The van der Waals surface area contributed by atoms with Crippen molar-refractivity contribution in [1.29, 1.82) is 0 Å². The van der Waals surface area contributed by atoms with Crippen molar-refractivity contribution >= 4 is 0 Å². The first-order valence-corrected chi connectivity index (χ1v) is 12.2. The lowest BCUT2D eigenvalue weighted by Gasteiger charge is -2.29. The van der Waals surface area contributed by atoms with E-state index >= 15 is 0 Å². The van der Waals surface area contributed by atoms with Gasteiger partial charge in [-0.25, -0.2) is 13.2 Å². The third kappa shape index (κ3) is 6.08. The molecular formula is C30H31F3O2. The highest BCUT2D eigenvalue weighted by Crippen LogP contribution is 2.39. The Morgan fingerprint density at radius 3 is 2.31 bits per heavy atom. The van der Waals surface area contributed by atoms with Crippen LogP contribution in [0.25, 0.3) is 11.1 Å². The lowest BCUT2D eigenvalue weighted by molar-refractivity contribution is 0.198. The van der Waals surface area contributed by atoms with Crippen LogP contribution in [0.3, 0.4) is 0 Å². The molecule has 35 heavy (non-hydrogen) atoms. The fourth-order valence-electron chi connectivity index (χ4n) is 4.63. The Morgan fingerprint density at radius 1 is 0.886 bits per heavy atom. The van der Waals surface area contributed by atoms with E-state index in [0.717, 1.165) is 31.2 Å². The molecule has 0 amide bonds. The molecule has 1 saturated carbocycles. The number of rotatable bonds is 9. The van der Waals surface area contributed by atoms with Crippen molar-refractivity contribution in [3.05, 3.63) is 95.8 Å². The van der Waals surface area contributed by atoms with Gasteiger partial charge in [-0.05, 0) is 74.1 Å². The largest absolute Gasteiger partial charge is 0.493 e. The molecule has 0 heterocycles. The Balaban J connectivity index is 1.32. The number of hydrogen-bond acceptors (Lipinski definition) is 2. The minimum Gasteiger partial charge on any atom is -0.493 e. The van der Waals surface area contributed by atoms with E-state index in [9.17, 15) is 13.2 Å². The third-order valence-corrected chi connectivity index (χ3v) is 6.73. The van der Waals surface area contributed by atoms with Gasteiger partial charge in [0.25, 0.3) is 0 Å². The summed E-state index contributed by atoms with van der Waals surface area (Å²) in [6.45, 7) is 6.42. The van der Waals surface area contributed by atoms with Crippen LogP contribution in [0.5, 0.6) is 11.5 Å². The second-order valence-corrected chi connectivity index (χ2v) is 9.24. The molecule has 1 fully saturated rings. The topological polar surface area (TPSA) is 18.5 Å². The second-order valence-electron chi connectivity index (χ2n) is 9.24. The van der Waals surface area contributed by atoms with Crippen LogP contribution in [-0.4, -0.2) is 13.2 Å². The van der Waals surface area contributed by atoms with E-state index in [0.29, 0.717) is 36.5 Å². The van der Waals surface area contributed by atoms with Gasteiger partial charge < -0.3 is 9.47 Å². The molecule has 0 aliphatic heterocycles. The van der Waals surface area contributed by atoms with E-state index in [2.05, 4.69) is 6.58 Å². The van der Waals surface area contributed by atoms with Gasteiger partial charge in [0.2, 0.25) is 0 Å². The first-order valence-electron chi connectivity index (χ1n) is 12.2. The lowest BCUT2D eigenvalue weighted by Crippen LogP contribution is -2.20. The molecule has 2 nitrogen and oxygen atoms in total. The van der Waals surface area contributed by atoms with Crippen LogP contribution in [0.15, 0.2) is 67.3 Å². The summed E-state index contributed by atoms with van der Waals surface area (Å²) in [5.74, 6) is -1.05. The highest BCUT2D eigenvalue weighted by molar-refractivity contribution is 5.65. The van der Waals surface area contributed by atoms with Crippen LogP contribution in [-0.2, 0) is 0 Å². The van der Waals surface area contributed by atoms with E-state index in [1.54, 1.807) is 30.3 Å². The summed E-state index contributed by atoms with van der Waals surface area (Å²) in [5.41, 5.74) is 2.49. The Kier molecular flexibility index (Phi) is 8.17. The van der Waals surface area contributed by atoms with Crippen molar-refractivity contribution in [2.75, 3.05) is 13.2 Å². The Hall–Kier alpha value is -3.21. The molecule has 0 N–H and O–H groups in total. The van der Waals surface area contributed by atoms with Crippen molar-refractivity contribution < 1.29 is 22.6 Å². The Morgan fingerprint density at radius 2 is 1.63 bits per heavy atom. The van der Waals surface area contributed by atoms with Gasteiger partial charge in [0.1, 0.15) is 5.75 Å². The van der Waals surface area contributed by atoms with E-state index in [1.165, 1.54) is 6.07 Å². The van der Waals surface area contributed by atoms with Gasteiger partial charge in [0.05, 0.1) is 13.2 Å². The fraction of sp³-hybridized carbons (Fsp3) is 0.333. The van der Waals surface area contributed by atoms with Gasteiger partial charge in [0, 0.05) is 11.6 Å². The fourth-order valence-corrected chi connectivity index (χ4v) is 4.63. The average molecular weight is 481 g/mol. The normalized spacial score (nSPS) is 17.7. The molecule has 0 unspecified atom stereocenters. The molecule has 0 bridgehead atoms. The van der Waals surface area contributed by atoms with Gasteiger partial charge in [0.15, 0.2) is 23.2 Å². The van der Waals surface area contributed by atoms with Crippen LogP contribution < -0.4 is 9.47 Å². The molecule has 3 aromatic rings. The van der Waals surface area contributed by atoms with Gasteiger partial charge in [-0.2, -0.15) is 0 Å². The van der Waals surface area contributed by atoms with Crippen LogP contribution in [0, 0.1) is 30.3 Å². The molecule has 184 valence electrons. The lowest BCUT2D eigenvalue weighted by atomic mass is 9.78. The van der Waals surface area contributed by atoms with E-state index in [1.807, 2.05) is 31.2 Å². The maximum atomic E-state index is 15.0. The van der Waals surface area contributed by atoms with Crippen LogP contribution in [0.4, 0.5) is 13.2 Å². The van der Waals surface area contributed by atoms with Gasteiger partial charge in [-0.3, -0.25) is 0 Å². The smallest absolute Gasteiger partial charge is 0.168 e. The average Bonchev–Trinajstić information content (AvgIpc) is 2.87. The molecule has 0 radical (unpaired) electrons. The molecule has 4 rings (SSSR count). The highest BCUT2D eigenvalue weighted by atomic mass is 19.2. The molecule has 1 aliphatic rings. The zero-order chi connectivity index (χ0) is 24.8. The van der Waals surface area contributed by atoms with Crippen LogP contribution in [0.1, 0.15) is 49.1 Å². The molecule has 0 aromatic heterocycles. The SMILES string of the molecule is C=CCCOc1ccc(OCC2CCC(c3ccc(-c4ccc(C)cc4)c(F)c3F)CC2)cc1F. The molecule has 0 saturated heterocycles. The predicted octanol–water partition coefficient (Wildman–Crippen LogP) is 8.39. The number of hydrogen-bond donors (Lipinski definition) is 0. The summed E-state index contributed by atoms with van der Waals surface area (Å²) in [4.78, 5) is 0. The summed E-state index contributed by atoms with van der Waals surface area (Å²) in [6.07, 6.45) is 5.58. The minimum absolute atomic E-state index is 0.0164. The second kappa shape index (κ2) is 11.5.